The molecule has 0 rings (SSSR count). The molecule has 0 saturated heterocycles. The van der Waals surface area contributed by atoms with Crippen LogP contribution >= 0.6 is 0 Å². The second kappa shape index (κ2) is 8.51. The molecule has 2 atom stereocenters. The summed E-state index contributed by atoms with van der Waals surface area (Å²) in [5.74, 6) is 1.20. The van der Waals surface area contributed by atoms with E-state index in [4.69, 9.17) is 5.73 Å². The summed E-state index contributed by atoms with van der Waals surface area (Å²) < 4.78 is 0. The third kappa shape index (κ3) is 6.06. The molecule has 0 aromatic rings. The van der Waals surface area contributed by atoms with Crippen LogP contribution in [0.15, 0.2) is 0 Å². The van der Waals surface area contributed by atoms with E-state index in [2.05, 4.69) is 27.7 Å². The lowest BCUT2D eigenvalue weighted by molar-refractivity contribution is -0.134. The third-order valence-corrected chi connectivity index (χ3v) is 3.39. The number of hydrogen-bond donors (Lipinski definition) is 1. The molecular formula is C14H30N2O. The van der Waals surface area contributed by atoms with Crippen LogP contribution in [0.25, 0.3) is 0 Å². The van der Waals surface area contributed by atoms with Crippen molar-refractivity contribution in [2.24, 2.45) is 17.6 Å². The Bertz CT molecular complexity index is 216. The van der Waals surface area contributed by atoms with Gasteiger partial charge in [0.1, 0.15) is 0 Å². The number of nitrogens with two attached hydrogens (primary N) is 1. The molecule has 0 spiro atoms. The molecule has 0 radical (unpaired) electrons. The standard InChI is InChI=1S/C14H30N2O/c1-6-12(5)16(7-2)14(17)9-13(10-15)8-11(3)4/h11-13H,6-10,15H2,1-5H3. The first kappa shape index (κ1) is 16.4. The zero-order valence-electron chi connectivity index (χ0n) is 12.2. The van der Waals surface area contributed by atoms with E-state index in [0.717, 1.165) is 19.4 Å². The summed E-state index contributed by atoms with van der Waals surface area (Å²) in [4.78, 5) is 14.2. The normalized spacial score (nSPS) is 14.8. The molecule has 0 aliphatic rings. The Morgan fingerprint density at radius 3 is 2.18 bits per heavy atom. The lowest BCUT2D eigenvalue weighted by atomic mass is 9.93. The highest BCUT2D eigenvalue weighted by atomic mass is 16.2. The van der Waals surface area contributed by atoms with Crippen LogP contribution in [-0.4, -0.2) is 29.9 Å². The van der Waals surface area contributed by atoms with Gasteiger partial charge in [0.2, 0.25) is 5.91 Å². The first-order valence-electron chi connectivity index (χ1n) is 6.95. The Kier molecular flexibility index (Phi) is 8.23. The Morgan fingerprint density at radius 1 is 1.24 bits per heavy atom. The second-order valence-corrected chi connectivity index (χ2v) is 5.37. The maximum Gasteiger partial charge on any atom is 0.223 e. The van der Waals surface area contributed by atoms with E-state index in [9.17, 15) is 4.79 Å². The summed E-state index contributed by atoms with van der Waals surface area (Å²) in [5.41, 5.74) is 5.75. The minimum atomic E-state index is 0.262. The van der Waals surface area contributed by atoms with Crippen molar-refractivity contribution in [2.45, 2.75) is 59.9 Å². The first-order valence-corrected chi connectivity index (χ1v) is 6.95. The van der Waals surface area contributed by atoms with Crippen LogP contribution in [0.3, 0.4) is 0 Å². The van der Waals surface area contributed by atoms with Crippen molar-refractivity contribution in [3.05, 3.63) is 0 Å². The minimum Gasteiger partial charge on any atom is -0.340 e. The van der Waals surface area contributed by atoms with E-state index in [1.165, 1.54) is 0 Å². The SMILES string of the molecule is CCC(C)N(CC)C(=O)CC(CN)CC(C)C. The van der Waals surface area contributed by atoms with Gasteiger partial charge in [-0.05, 0) is 45.1 Å². The summed E-state index contributed by atoms with van der Waals surface area (Å²) in [6, 6.07) is 0.338. The molecule has 3 heteroatoms. The average molecular weight is 242 g/mol. The van der Waals surface area contributed by atoms with Gasteiger partial charge in [-0.1, -0.05) is 20.8 Å². The molecule has 0 heterocycles. The Balaban J connectivity index is 4.37. The van der Waals surface area contributed by atoms with E-state index in [-0.39, 0.29) is 5.91 Å². The largest absolute Gasteiger partial charge is 0.340 e. The summed E-state index contributed by atoms with van der Waals surface area (Å²) in [6.45, 7) is 12.0. The van der Waals surface area contributed by atoms with Crippen molar-refractivity contribution in [3.8, 4) is 0 Å². The number of amides is 1. The van der Waals surface area contributed by atoms with E-state index in [1.54, 1.807) is 0 Å². The van der Waals surface area contributed by atoms with Crippen LogP contribution in [0.5, 0.6) is 0 Å². The number of nitrogens with zero attached hydrogens (tertiary/aromatic N) is 1. The summed E-state index contributed by atoms with van der Waals surface area (Å²) in [7, 11) is 0. The summed E-state index contributed by atoms with van der Waals surface area (Å²) >= 11 is 0. The number of carbonyl (C=O) groups excluding carboxylic acids is 1. The van der Waals surface area contributed by atoms with Crippen molar-refractivity contribution in [1.29, 1.82) is 0 Å². The predicted molar refractivity (Wildman–Crippen MR) is 73.8 cm³/mol. The van der Waals surface area contributed by atoms with Crippen LogP contribution in [-0.2, 0) is 4.79 Å². The van der Waals surface area contributed by atoms with E-state index < -0.39 is 0 Å². The number of rotatable bonds is 8. The molecule has 0 bridgehead atoms. The van der Waals surface area contributed by atoms with Crippen LogP contribution in [0.1, 0.15) is 53.9 Å². The quantitative estimate of drug-likeness (QED) is 0.711. The number of carbonyl (C=O) groups is 1. The molecule has 2 N–H and O–H groups in total. The first-order chi connectivity index (χ1) is 7.96. The van der Waals surface area contributed by atoms with Crippen molar-refractivity contribution in [1.82, 2.24) is 4.90 Å². The monoisotopic (exact) mass is 242 g/mol. The van der Waals surface area contributed by atoms with E-state index in [1.807, 2.05) is 11.8 Å². The van der Waals surface area contributed by atoms with Crippen LogP contribution in [0.4, 0.5) is 0 Å². The molecule has 3 nitrogen and oxygen atoms in total. The van der Waals surface area contributed by atoms with Gasteiger partial charge in [0.15, 0.2) is 0 Å². The van der Waals surface area contributed by atoms with Crippen LogP contribution in [0.2, 0.25) is 0 Å². The average Bonchev–Trinajstić information content (AvgIpc) is 2.28. The fraction of sp³-hybridized carbons (Fsp3) is 0.929. The van der Waals surface area contributed by atoms with Gasteiger partial charge in [-0.3, -0.25) is 4.79 Å². The molecular weight excluding hydrogens is 212 g/mol. The Hall–Kier alpha value is -0.570. The van der Waals surface area contributed by atoms with Crippen LogP contribution < -0.4 is 5.73 Å². The fourth-order valence-corrected chi connectivity index (χ4v) is 2.25. The van der Waals surface area contributed by atoms with Crippen molar-refractivity contribution >= 4 is 5.91 Å². The highest BCUT2D eigenvalue weighted by Crippen LogP contribution is 2.17. The Morgan fingerprint density at radius 2 is 1.82 bits per heavy atom. The van der Waals surface area contributed by atoms with Crippen molar-refractivity contribution in [2.75, 3.05) is 13.1 Å². The van der Waals surface area contributed by atoms with Gasteiger partial charge in [-0.15, -0.1) is 0 Å². The summed E-state index contributed by atoms with van der Waals surface area (Å²) in [5, 5.41) is 0. The molecule has 0 aromatic heterocycles. The second-order valence-electron chi connectivity index (χ2n) is 5.37. The molecule has 0 aliphatic heterocycles. The molecule has 17 heavy (non-hydrogen) atoms. The van der Waals surface area contributed by atoms with Gasteiger partial charge < -0.3 is 10.6 Å². The molecule has 1 amide bonds. The smallest absolute Gasteiger partial charge is 0.223 e. The molecule has 0 fully saturated rings. The van der Waals surface area contributed by atoms with Gasteiger partial charge in [0.25, 0.3) is 0 Å². The van der Waals surface area contributed by atoms with Gasteiger partial charge in [-0.2, -0.15) is 0 Å². The third-order valence-electron chi connectivity index (χ3n) is 3.39. The van der Waals surface area contributed by atoms with Gasteiger partial charge in [0, 0.05) is 19.0 Å². The predicted octanol–water partition coefficient (Wildman–Crippen LogP) is 2.64. The van der Waals surface area contributed by atoms with E-state index >= 15 is 0 Å². The maximum absolute atomic E-state index is 12.2. The molecule has 0 saturated carbocycles. The Labute approximate surface area is 107 Å². The lowest BCUT2D eigenvalue weighted by Crippen LogP contribution is -2.39. The highest BCUT2D eigenvalue weighted by molar-refractivity contribution is 5.76. The lowest BCUT2D eigenvalue weighted by Gasteiger charge is -2.29. The fourth-order valence-electron chi connectivity index (χ4n) is 2.25. The highest BCUT2D eigenvalue weighted by Gasteiger charge is 2.21. The maximum atomic E-state index is 12.2. The van der Waals surface area contributed by atoms with Gasteiger partial charge in [-0.25, -0.2) is 0 Å². The molecule has 0 aromatic carbocycles. The number of hydrogen-bond acceptors (Lipinski definition) is 2. The van der Waals surface area contributed by atoms with E-state index in [0.29, 0.717) is 30.8 Å². The topological polar surface area (TPSA) is 46.3 Å². The van der Waals surface area contributed by atoms with Gasteiger partial charge >= 0.3 is 0 Å². The molecule has 2 unspecified atom stereocenters. The minimum absolute atomic E-state index is 0.262. The van der Waals surface area contributed by atoms with Crippen LogP contribution in [0, 0.1) is 11.8 Å². The summed E-state index contributed by atoms with van der Waals surface area (Å²) in [6.07, 6.45) is 2.66. The van der Waals surface area contributed by atoms with Gasteiger partial charge in [0.05, 0.1) is 0 Å². The molecule has 0 aliphatic carbocycles. The van der Waals surface area contributed by atoms with Crippen molar-refractivity contribution < 1.29 is 4.79 Å². The van der Waals surface area contributed by atoms with Crippen molar-refractivity contribution in [3.63, 3.8) is 0 Å². The molecule has 102 valence electrons. The zero-order chi connectivity index (χ0) is 13.4. The zero-order valence-corrected chi connectivity index (χ0v) is 12.2.